The van der Waals surface area contributed by atoms with Crippen molar-refractivity contribution < 1.29 is 4.79 Å². The largest absolute Gasteiger partial charge is 0.351 e. The molecule has 0 atom stereocenters. The Morgan fingerprint density at radius 1 is 1.12 bits per heavy atom. The molecule has 2 aromatic carbocycles. The second-order valence-corrected chi connectivity index (χ2v) is 10.0. The van der Waals surface area contributed by atoms with E-state index in [0.29, 0.717) is 11.6 Å². The number of para-hydroxylation sites is 1. The molecule has 1 aliphatic rings. The zero-order valence-corrected chi connectivity index (χ0v) is 20.2. The van der Waals surface area contributed by atoms with Crippen molar-refractivity contribution in [1.29, 1.82) is 0 Å². The minimum Gasteiger partial charge on any atom is -0.351 e. The van der Waals surface area contributed by atoms with Crippen LogP contribution in [-0.2, 0) is 6.42 Å². The Morgan fingerprint density at radius 3 is 2.50 bits per heavy atom. The maximum atomic E-state index is 13.1. The van der Waals surface area contributed by atoms with Gasteiger partial charge in [-0.1, -0.05) is 48.0 Å². The van der Waals surface area contributed by atoms with E-state index in [-0.39, 0.29) is 11.4 Å². The summed E-state index contributed by atoms with van der Waals surface area (Å²) in [4.78, 5) is 21.0. The van der Waals surface area contributed by atoms with Crippen molar-refractivity contribution in [2.24, 2.45) is 5.92 Å². The Kier molecular flexibility index (Phi) is 6.92. The number of nitrogens with one attached hydrogen (secondary N) is 1. The quantitative estimate of drug-likeness (QED) is 0.477. The van der Waals surface area contributed by atoms with Crippen molar-refractivity contribution in [2.75, 3.05) is 26.2 Å². The van der Waals surface area contributed by atoms with Crippen LogP contribution >= 0.6 is 11.6 Å². The summed E-state index contributed by atoms with van der Waals surface area (Å²) in [7, 11) is 0. The summed E-state index contributed by atoms with van der Waals surface area (Å²) in [6.07, 6.45) is 3.17. The summed E-state index contributed by atoms with van der Waals surface area (Å²) in [5, 5.41) is 1.94. The molecule has 1 saturated heterocycles. The second-order valence-electron chi connectivity index (χ2n) is 9.63. The topological polar surface area (TPSA) is 39.3 Å². The molecule has 0 bridgehead atoms. The number of aromatic nitrogens is 1. The number of halogens is 1. The van der Waals surface area contributed by atoms with Crippen LogP contribution in [0.5, 0.6) is 0 Å². The number of carbonyl (C=O) groups excluding carboxylic acids is 1. The van der Waals surface area contributed by atoms with Gasteiger partial charge in [-0.2, -0.15) is 0 Å². The number of likely N-dealkylation sites (tertiary alicyclic amines) is 1. The number of aromatic amines is 1. The van der Waals surface area contributed by atoms with E-state index in [1.54, 1.807) is 0 Å². The van der Waals surface area contributed by atoms with E-state index in [1.807, 2.05) is 47.4 Å². The van der Waals surface area contributed by atoms with E-state index in [4.69, 9.17) is 11.6 Å². The van der Waals surface area contributed by atoms with Crippen LogP contribution in [0.2, 0.25) is 5.02 Å². The molecule has 0 unspecified atom stereocenters. The normalized spacial score (nSPS) is 15.9. The number of hydrogen-bond acceptors (Lipinski definition) is 2. The summed E-state index contributed by atoms with van der Waals surface area (Å²) < 4.78 is 0. The number of amides is 1. The molecule has 0 saturated carbocycles. The molecule has 2 heterocycles. The number of rotatable bonds is 7. The fourth-order valence-electron chi connectivity index (χ4n) is 4.97. The van der Waals surface area contributed by atoms with Gasteiger partial charge in [-0.25, -0.2) is 0 Å². The highest BCUT2D eigenvalue weighted by Gasteiger charge is 2.32. The van der Waals surface area contributed by atoms with Crippen LogP contribution in [0.15, 0.2) is 54.6 Å². The summed E-state index contributed by atoms with van der Waals surface area (Å²) in [5.41, 5.74) is 2.97. The predicted octanol–water partition coefficient (Wildman–Crippen LogP) is 6.02. The van der Waals surface area contributed by atoms with Gasteiger partial charge in [0.2, 0.25) is 0 Å². The highest BCUT2D eigenvalue weighted by Crippen LogP contribution is 2.30. The van der Waals surface area contributed by atoms with Crippen LogP contribution in [0.1, 0.15) is 49.7 Å². The lowest BCUT2D eigenvalue weighted by molar-refractivity contribution is 0.0546. The molecule has 0 aliphatic carbocycles. The smallest absolute Gasteiger partial charge is 0.270 e. The van der Waals surface area contributed by atoms with Gasteiger partial charge in [0, 0.05) is 34.6 Å². The van der Waals surface area contributed by atoms with E-state index in [9.17, 15) is 4.79 Å². The van der Waals surface area contributed by atoms with E-state index < -0.39 is 0 Å². The van der Waals surface area contributed by atoms with Gasteiger partial charge < -0.3 is 9.88 Å². The Morgan fingerprint density at radius 2 is 1.81 bits per heavy atom. The third-order valence-electron chi connectivity index (χ3n) is 6.96. The minimum absolute atomic E-state index is 0.0561. The number of H-pyrrole nitrogens is 1. The fourth-order valence-corrected chi connectivity index (χ4v) is 5.17. The van der Waals surface area contributed by atoms with Gasteiger partial charge in [-0.3, -0.25) is 9.69 Å². The summed E-state index contributed by atoms with van der Waals surface area (Å²) in [6.45, 7) is 10.4. The van der Waals surface area contributed by atoms with Crippen molar-refractivity contribution in [3.8, 4) is 0 Å². The van der Waals surface area contributed by atoms with Crippen molar-refractivity contribution in [2.45, 2.75) is 45.6 Å². The Labute approximate surface area is 196 Å². The van der Waals surface area contributed by atoms with E-state index in [0.717, 1.165) is 61.4 Å². The standard InChI is InChI=1S/C27H34ClN3O/c1-4-30(26(32)25-17-21-9-6-8-12-24(21)29-25)19-20-13-15-31(16-14-20)27(2,3)18-22-10-5-7-11-23(22)28/h5-12,17,20,29H,4,13-16,18-19H2,1-3H3. The summed E-state index contributed by atoms with van der Waals surface area (Å²) in [5.74, 6) is 0.640. The van der Waals surface area contributed by atoms with Crippen molar-refractivity contribution in [3.63, 3.8) is 0 Å². The molecule has 3 aromatic rings. The average Bonchev–Trinajstić information content (AvgIpc) is 3.23. The minimum atomic E-state index is 0.0561. The Hall–Kier alpha value is -2.30. The van der Waals surface area contributed by atoms with Crippen molar-refractivity contribution in [3.05, 3.63) is 70.9 Å². The van der Waals surface area contributed by atoms with E-state index in [2.05, 4.69) is 42.8 Å². The van der Waals surface area contributed by atoms with Crippen molar-refractivity contribution in [1.82, 2.24) is 14.8 Å². The Bertz CT molecular complexity index is 1030. The molecule has 1 aliphatic heterocycles. The van der Waals surface area contributed by atoms with Crippen LogP contribution in [-0.4, -0.2) is 52.4 Å². The third-order valence-corrected chi connectivity index (χ3v) is 7.33. The average molecular weight is 452 g/mol. The van der Waals surface area contributed by atoms with Gasteiger partial charge in [0.25, 0.3) is 5.91 Å². The number of fused-ring (bicyclic) bond motifs is 1. The SMILES string of the molecule is CCN(CC1CCN(C(C)(C)Cc2ccccc2Cl)CC1)C(=O)c1cc2ccccc2[nH]1. The summed E-state index contributed by atoms with van der Waals surface area (Å²) in [6, 6.07) is 18.2. The molecule has 0 radical (unpaired) electrons. The lowest BCUT2D eigenvalue weighted by Crippen LogP contribution is -2.50. The lowest BCUT2D eigenvalue weighted by Gasteiger charge is -2.44. The number of benzene rings is 2. The molecule has 0 spiro atoms. The van der Waals surface area contributed by atoms with Crippen LogP contribution in [0, 0.1) is 5.92 Å². The third kappa shape index (κ3) is 5.02. The number of carbonyl (C=O) groups is 1. The first kappa shape index (κ1) is 22.9. The van der Waals surface area contributed by atoms with Crippen molar-refractivity contribution >= 4 is 28.4 Å². The molecule has 4 rings (SSSR count). The summed E-state index contributed by atoms with van der Waals surface area (Å²) >= 11 is 6.41. The molecule has 1 aromatic heterocycles. The lowest BCUT2D eigenvalue weighted by atomic mass is 9.88. The molecule has 4 nitrogen and oxygen atoms in total. The second kappa shape index (κ2) is 9.68. The highest BCUT2D eigenvalue weighted by molar-refractivity contribution is 6.31. The number of hydrogen-bond donors (Lipinski definition) is 1. The first-order chi connectivity index (χ1) is 15.4. The number of piperidine rings is 1. The van der Waals surface area contributed by atoms with Gasteiger partial charge in [0.1, 0.15) is 5.69 Å². The molecule has 170 valence electrons. The zero-order valence-electron chi connectivity index (χ0n) is 19.4. The molecule has 1 N–H and O–H groups in total. The molecule has 1 fully saturated rings. The van der Waals surface area contributed by atoms with Crippen LogP contribution in [0.3, 0.4) is 0 Å². The van der Waals surface area contributed by atoms with Gasteiger partial charge in [0.05, 0.1) is 0 Å². The maximum absolute atomic E-state index is 13.1. The van der Waals surface area contributed by atoms with E-state index in [1.165, 1.54) is 5.56 Å². The van der Waals surface area contributed by atoms with Crippen LogP contribution in [0.4, 0.5) is 0 Å². The first-order valence-corrected chi connectivity index (χ1v) is 12.1. The van der Waals surface area contributed by atoms with Crippen LogP contribution in [0.25, 0.3) is 10.9 Å². The van der Waals surface area contributed by atoms with Gasteiger partial charge in [0.15, 0.2) is 0 Å². The van der Waals surface area contributed by atoms with E-state index >= 15 is 0 Å². The van der Waals surface area contributed by atoms with Gasteiger partial charge in [-0.15, -0.1) is 0 Å². The number of nitrogens with zero attached hydrogens (tertiary/aromatic N) is 2. The monoisotopic (exact) mass is 451 g/mol. The zero-order chi connectivity index (χ0) is 22.7. The molecular formula is C27H34ClN3O. The molecule has 5 heteroatoms. The van der Waals surface area contributed by atoms with Gasteiger partial charge >= 0.3 is 0 Å². The van der Waals surface area contributed by atoms with Crippen LogP contribution < -0.4 is 0 Å². The predicted molar refractivity (Wildman–Crippen MR) is 133 cm³/mol. The Balaban J connectivity index is 1.35. The fraction of sp³-hybridized carbons (Fsp3) is 0.444. The first-order valence-electron chi connectivity index (χ1n) is 11.7. The maximum Gasteiger partial charge on any atom is 0.270 e. The highest BCUT2D eigenvalue weighted by atomic mass is 35.5. The molecular weight excluding hydrogens is 418 g/mol. The molecule has 1 amide bonds. The van der Waals surface area contributed by atoms with Gasteiger partial charge in [-0.05, 0) is 82.8 Å². The molecule has 32 heavy (non-hydrogen) atoms.